The van der Waals surface area contributed by atoms with Gasteiger partial charge >= 0.3 is 0 Å². The van der Waals surface area contributed by atoms with Crippen molar-refractivity contribution in [3.8, 4) is 0 Å². The number of benzene rings is 2. The van der Waals surface area contributed by atoms with Crippen molar-refractivity contribution in [2.45, 2.75) is 101 Å². The van der Waals surface area contributed by atoms with Crippen LogP contribution in [0.2, 0.25) is 0 Å². The third-order valence-electron chi connectivity index (χ3n) is 8.66. The van der Waals surface area contributed by atoms with Crippen LogP contribution in [-0.4, -0.2) is 23.6 Å². The van der Waals surface area contributed by atoms with Gasteiger partial charge in [-0.25, -0.2) is 19.6 Å². The second-order valence-electron chi connectivity index (χ2n) is 11.5. The zero-order valence-corrected chi connectivity index (χ0v) is 22.7. The van der Waals surface area contributed by atoms with Crippen molar-refractivity contribution in [2.24, 2.45) is 10.9 Å². The van der Waals surface area contributed by atoms with Crippen LogP contribution >= 0.6 is 0 Å². The fourth-order valence-electron chi connectivity index (χ4n) is 6.10. The summed E-state index contributed by atoms with van der Waals surface area (Å²) >= 11 is 0. The number of hydrazine groups is 1. The number of hydrogen-bond donors (Lipinski definition) is 4. The van der Waals surface area contributed by atoms with Crippen LogP contribution in [0.1, 0.15) is 105 Å². The Balaban J connectivity index is 1.44. The smallest absolute Gasteiger partial charge is 0.280 e. The SMILES string of the molecule is O=C(/N=C(/NC1CCC1)NC1(C2CCCCCCCCC2)CC(c2ccc(F)cc2)NN1)c1ccc(F)cc1. The topological polar surface area (TPSA) is 77.5 Å². The molecule has 2 atom stereocenters. The summed E-state index contributed by atoms with van der Waals surface area (Å²) in [5.74, 6) is -0.279. The summed E-state index contributed by atoms with van der Waals surface area (Å²) in [6.45, 7) is 0. The van der Waals surface area contributed by atoms with E-state index in [1.807, 2.05) is 12.1 Å². The Morgan fingerprint density at radius 1 is 0.795 bits per heavy atom. The molecule has 2 unspecified atom stereocenters. The molecular formula is C31H41F2N5O. The first-order valence-electron chi connectivity index (χ1n) is 14.7. The third-order valence-corrected chi connectivity index (χ3v) is 8.66. The fourth-order valence-corrected chi connectivity index (χ4v) is 6.10. The predicted octanol–water partition coefficient (Wildman–Crippen LogP) is 6.27. The first kappa shape index (κ1) is 27.7. The van der Waals surface area contributed by atoms with Gasteiger partial charge in [-0.2, -0.15) is 4.99 Å². The average molecular weight is 538 g/mol. The molecule has 3 aliphatic rings. The molecule has 2 saturated carbocycles. The lowest BCUT2D eigenvalue weighted by molar-refractivity contribution is 0.1000. The number of guanidine groups is 1. The van der Waals surface area contributed by atoms with Crippen LogP contribution in [0.3, 0.4) is 0 Å². The van der Waals surface area contributed by atoms with Gasteiger partial charge in [0.2, 0.25) is 5.96 Å². The Morgan fingerprint density at radius 3 is 1.97 bits per heavy atom. The lowest BCUT2D eigenvalue weighted by Crippen LogP contribution is -2.65. The van der Waals surface area contributed by atoms with Crippen LogP contribution in [0.25, 0.3) is 0 Å². The monoisotopic (exact) mass is 537 g/mol. The van der Waals surface area contributed by atoms with E-state index in [4.69, 9.17) is 0 Å². The van der Waals surface area contributed by atoms with Gasteiger partial charge < -0.3 is 10.6 Å². The zero-order chi connectivity index (χ0) is 27.1. The molecule has 2 aliphatic carbocycles. The van der Waals surface area contributed by atoms with Crippen LogP contribution in [-0.2, 0) is 0 Å². The highest BCUT2D eigenvalue weighted by Crippen LogP contribution is 2.38. The molecule has 1 saturated heterocycles. The minimum atomic E-state index is -0.545. The van der Waals surface area contributed by atoms with E-state index in [0.29, 0.717) is 17.4 Å². The second-order valence-corrected chi connectivity index (χ2v) is 11.5. The number of rotatable bonds is 5. The molecule has 4 N–H and O–H groups in total. The number of carbonyl (C=O) groups excluding carboxylic acids is 1. The van der Waals surface area contributed by atoms with Crippen molar-refractivity contribution in [1.29, 1.82) is 0 Å². The summed E-state index contributed by atoms with van der Waals surface area (Å²) in [5.41, 5.74) is 7.91. The summed E-state index contributed by atoms with van der Waals surface area (Å²) in [5, 5.41) is 7.20. The van der Waals surface area contributed by atoms with E-state index in [-0.39, 0.29) is 23.7 Å². The van der Waals surface area contributed by atoms with E-state index in [9.17, 15) is 13.6 Å². The second kappa shape index (κ2) is 13.0. The molecule has 1 amide bonds. The summed E-state index contributed by atoms with van der Waals surface area (Å²) in [4.78, 5) is 17.7. The Bertz CT molecular complexity index is 1110. The number of halogens is 2. The standard InChI is InChI=1S/C31H41F2N5O/c32-25-17-13-22(14-18-25)28-21-31(38-37-28,24-9-6-4-2-1-3-5-7-10-24)36-30(34-27-11-8-12-27)35-29(39)23-15-19-26(33)20-16-23/h13-20,24,27-28,37-38H,1-12,21H2,(H2,34,35,36,39). The molecule has 0 spiro atoms. The molecule has 0 bridgehead atoms. The fraction of sp³-hybridized carbons (Fsp3) is 0.548. The maximum absolute atomic E-state index is 13.7. The van der Waals surface area contributed by atoms with E-state index >= 15 is 0 Å². The van der Waals surface area contributed by atoms with Crippen molar-refractivity contribution in [2.75, 3.05) is 0 Å². The Kier molecular flexibility index (Phi) is 9.24. The quantitative estimate of drug-likeness (QED) is 0.267. The van der Waals surface area contributed by atoms with Crippen LogP contribution < -0.4 is 21.5 Å². The van der Waals surface area contributed by atoms with Crippen LogP contribution in [0.4, 0.5) is 8.78 Å². The normalized spacial score (nSPS) is 25.6. The predicted molar refractivity (Wildman–Crippen MR) is 150 cm³/mol. The molecule has 0 aromatic heterocycles. The molecule has 3 fully saturated rings. The first-order chi connectivity index (χ1) is 19.0. The summed E-state index contributed by atoms with van der Waals surface area (Å²) in [6.07, 6.45) is 14.7. The van der Waals surface area contributed by atoms with Gasteiger partial charge in [0.05, 0.1) is 0 Å². The maximum atomic E-state index is 13.7. The molecule has 5 rings (SSSR count). The lowest BCUT2D eigenvalue weighted by Gasteiger charge is -2.41. The molecule has 2 aromatic rings. The highest BCUT2D eigenvalue weighted by Gasteiger charge is 2.46. The number of carbonyl (C=O) groups is 1. The van der Waals surface area contributed by atoms with Crippen molar-refractivity contribution in [3.05, 3.63) is 71.3 Å². The van der Waals surface area contributed by atoms with Crippen LogP contribution in [0.15, 0.2) is 53.5 Å². The van der Waals surface area contributed by atoms with Gasteiger partial charge in [0.1, 0.15) is 17.3 Å². The van der Waals surface area contributed by atoms with E-state index < -0.39 is 11.6 Å². The zero-order valence-electron chi connectivity index (χ0n) is 22.7. The summed E-state index contributed by atoms with van der Waals surface area (Å²) in [6, 6.07) is 12.4. The number of hydrogen-bond acceptors (Lipinski definition) is 3. The summed E-state index contributed by atoms with van der Waals surface area (Å²) in [7, 11) is 0. The van der Waals surface area contributed by atoms with Gasteiger partial charge in [-0.05, 0) is 80.0 Å². The maximum Gasteiger partial charge on any atom is 0.280 e. The van der Waals surface area contributed by atoms with Gasteiger partial charge in [0.25, 0.3) is 5.91 Å². The third kappa shape index (κ3) is 7.22. The molecule has 1 aliphatic heterocycles. The molecule has 2 aromatic carbocycles. The molecule has 8 heteroatoms. The number of nitrogens with one attached hydrogen (secondary N) is 4. The number of aliphatic imine (C=N–C) groups is 1. The van der Waals surface area contributed by atoms with E-state index in [2.05, 4.69) is 26.5 Å². The highest BCUT2D eigenvalue weighted by molar-refractivity contribution is 6.02. The average Bonchev–Trinajstić information content (AvgIpc) is 3.34. The highest BCUT2D eigenvalue weighted by atomic mass is 19.1. The van der Waals surface area contributed by atoms with Crippen LogP contribution in [0, 0.1) is 17.6 Å². The van der Waals surface area contributed by atoms with E-state index in [1.165, 1.54) is 68.5 Å². The van der Waals surface area contributed by atoms with E-state index in [0.717, 1.165) is 56.9 Å². The van der Waals surface area contributed by atoms with Gasteiger partial charge in [-0.3, -0.25) is 4.79 Å². The number of nitrogens with zero attached hydrogens (tertiary/aromatic N) is 1. The lowest BCUT2D eigenvalue weighted by atomic mass is 9.79. The van der Waals surface area contributed by atoms with Gasteiger partial charge in [0.15, 0.2) is 0 Å². The van der Waals surface area contributed by atoms with E-state index in [1.54, 1.807) is 0 Å². The molecule has 0 radical (unpaired) electrons. The summed E-state index contributed by atoms with van der Waals surface area (Å²) < 4.78 is 27.1. The van der Waals surface area contributed by atoms with Gasteiger partial charge in [0, 0.05) is 24.1 Å². The Hall–Kier alpha value is -2.84. The minimum Gasteiger partial charge on any atom is -0.353 e. The Labute approximate surface area is 230 Å². The molecule has 1 heterocycles. The largest absolute Gasteiger partial charge is 0.353 e. The molecule has 210 valence electrons. The first-order valence-corrected chi connectivity index (χ1v) is 14.7. The number of amides is 1. The molecule has 39 heavy (non-hydrogen) atoms. The minimum absolute atomic E-state index is 0.0220. The van der Waals surface area contributed by atoms with Gasteiger partial charge in [-0.1, -0.05) is 57.1 Å². The van der Waals surface area contributed by atoms with Crippen molar-refractivity contribution >= 4 is 11.9 Å². The molecular weight excluding hydrogens is 496 g/mol. The van der Waals surface area contributed by atoms with Crippen molar-refractivity contribution < 1.29 is 13.6 Å². The Morgan fingerprint density at radius 2 is 1.38 bits per heavy atom. The van der Waals surface area contributed by atoms with Crippen molar-refractivity contribution in [1.82, 2.24) is 21.5 Å². The van der Waals surface area contributed by atoms with Crippen LogP contribution in [0.5, 0.6) is 0 Å². The van der Waals surface area contributed by atoms with Gasteiger partial charge in [-0.15, -0.1) is 0 Å². The van der Waals surface area contributed by atoms with Crippen molar-refractivity contribution in [3.63, 3.8) is 0 Å². The molecule has 6 nitrogen and oxygen atoms in total.